The van der Waals surface area contributed by atoms with Crippen LogP contribution in [0.25, 0.3) is 0 Å². The van der Waals surface area contributed by atoms with Gasteiger partial charge in [-0.15, -0.1) is 0 Å². The summed E-state index contributed by atoms with van der Waals surface area (Å²) in [5.41, 5.74) is -0.680. The van der Waals surface area contributed by atoms with Crippen molar-refractivity contribution in [2.45, 2.75) is 57.7 Å². The zero-order valence-corrected chi connectivity index (χ0v) is 12.5. The molecule has 3 unspecified atom stereocenters. The number of carbonyl (C=O) groups excluding carboxylic acids is 2. The highest BCUT2D eigenvalue weighted by molar-refractivity contribution is 6.00. The van der Waals surface area contributed by atoms with Crippen molar-refractivity contribution in [3.63, 3.8) is 0 Å². The van der Waals surface area contributed by atoms with Gasteiger partial charge in [-0.2, -0.15) is 0 Å². The first kappa shape index (κ1) is 13.9. The number of rotatable bonds is 3. The monoisotopic (exact) mass is 280 g/mol. The first-order valence-corrected chi connectivity index (χ1v) is 7.68. The summed E-state index contributed by atoms with van der Waals surface area (Å²) in [4.78, 5) is 27.5. The molecule has 3 atom stereocenters. The summed E-state index contributed by atoms with van der Waals surface area (Å²) < 4.78 is 5.46. The molecule has 0 radical (unpaired) electrons. The van der Waals surface area contributed by atoms with Gasteiger partial charge >= 0.3 is 0 Å². The Morgan fingerprint density at radius 2 is 2.00 bits per heavy atom. The highest BCUT2D eigenvalue weighted by Crippen LogP contribution is 2.46. The van der Waals surface area contributed by atoms with Crippen molar-refractivity contribution in [2.75, 3.05) is 13.2 Å². The summed E-state index contributed by atoms with van der Waals surface area (Å²) in [6.45, 7) is 7.14. The molecule has 3 rings (SSSR count). The van der Waals surface area contributed by atoms with Crippen LogP contribution in [0.5, 0.6) is 0 Å². The molecule has 1 N–H and O–H groups in total. The minimum absolute atomic E-state index is 0.0187. The van der Waals surface area contributed by atoms with Gasteiger partial charge in [-0.1, -0.05) is 13.8 Å². The minimum atomic E-state index is -0.680. The first-order valence-electron chi connectivity index (χ1n) is 7.68. The Labute approximate surface area is 120 Å². The summed E-state index contributed by atoms with van der Waals surface area (Å²) in [5.74, 6) is 0.509. The molecule has 0 spiro atoms. The Hall–Kier alpha value is -1.10. The summed E-state index contributed by atoms with van der Waals surface area (Å²) >= 11 is 0. The second-order valence-corrected chi connectivity index (χ2v) is 6.84. The number of amides is 2. The van der Waals surface area contributed by atoms with E-state index in [1.54, 1.807) is 0 Å². The molecular formula is C15H24N2O3. The van der Waals surface area contributed by atoms with Crippen molar-refractivity contribution in [1.82, 2.24) is 10.2 Å². The number of ether oxygens (including phenoxy) is 1. The predicted molar refractivity (Wildman–Crippen MR) is 74.0 cm³/mol. The van der Waals surface area contributed by atoms with E-state index in [4.69, 9.17) is 4.74 Å². The van der Waals surface area contributed by atoms with Crippen LogP contribution in [0.2, 0.25) is 0 Å². The van der Waals surface area contributed by atoms with E-state index in [-0.39, 0.29) is 23.8 Å². The lowest BCUT2D eigenvalue weighted by Crippen LogP contribution is -2.73. The number of nitrogens with zero attached hydrogens (tertiary/aromatic N) is 1. The summed E-state index contributed by atoms with van der Waals surface area (Å²) in [7, 11) is 0. The third-order valence-corrected chi connectivity index (χ3v) is 5.06. The Bertz CT molecular complexity index is 427. The zero-order chi connectivity index (χ0) is 14.5. The molecule has 0 aromatic rings. The van der Waals surface area contributed by atoms with Crippen molar-refractivity contribution < 1.29 is 14.3 Å². The van der Waals surface area contributed by atoms with Gasteiger partial charge < -0.3 is 15.0 Å². The standard InChI is InChI=1S/C15H24N2O3/c1-9(2)12-13(18)17(11-6-7-20-8-11)15(3,10-4-5-10)14(19)16-12/h9-12H,4-8H2,1-3H3,(H,16,19). The third kappa shape index (κ3) is 1.94. The van der Waals surface area contributed by atoms with E-state index in [0.29, 0.717) is 19.1 Å². The number of nitrogens with one attached hydrogen (secondary N) is 1. The van der Waals surface area contributed by atoms with E-state index in [1.165, 1.54) is 0 Å². The molecule has 0 aromatic heterocycles. The third-order valence-electron chi connectivity index (χ3n) is 5.06. The molecular weight excluding hydrogens is 256 g/mol. The first-order chi connectivity index (χ1) is 9.46. The highest BCUT2D eigenvalue weighted by Gasteiger charge is 2.59. The van der Waals surface area contributed by atoms with E-state index in [0.717, 1.165) is 19.3 Å². The van der Waals surface area contributed by atoms with Crippen LogP contribution >= 0.6 is 0 Å². The average molecular weight is 280 g/mol. The van der Waals surface area contributed by atoms with Gasteiger partial charge in [0.05, 0.1) is 12.6 Å². The van der Waals surface area contributed by atoms with Crippen molar-refractivity contribution in [2.24, 2.45) is 11.8 Å². The number of piperazine rings is 1. The van der Waals surface area contributed by atoms with Crippen LogP contribution < -0.4 is 5.32 Å². The molecule has 112 valence electrons. The molecule has 1 aliphatic carbocycles. The SMILES string of the molecule is CC(C)C1NC(=O)C(C)(C2CC2)N(C2CCOC2)C1=O. The fourth-order valence-corrected chi connectivity index (χ4v) is 3.60. The largest absolute Gasteiger partial charge is 0.379 e. The molecule has 20 heavy (non-hydrogen) atoms. The van der Waals surface area contributed by atoms with Crippen LogP contribution in [0.1, 0.15) is 40.0 Å². The Morgan fingerprint density at radius 1 is 1.30 bits per heavy atom. The lowest BCUT2D eigenvalue weighted by atomic mass is 9.84. The maximum Gasteiger partial charge on any atom is 0.246 e. The van der Waals surface area contributed by atoms with Crippen LogP contribution in [-0.4, -0.2) is 47.6 Å². The lowest BCUT2D eigenvalue weighted by Gasteiger charge is -2.50. The van der Waals surface area contributed by atoms with Gasteiger partial charge in [0, 0.05) is 6.61 Å². The van der Waals surface area contributed by atoms with Gasteiger partial charge in [-0.25, -0.2) is 0 Å². The van der Waals surface area contributed by atoms with Gasteiger partial charge in [0.2, 0.25) is 11.8 Å². The molecule has 0 bridgehead atoms. The maximum absolute atomic E-state index is 12.9. The van der Waals surface area contributed by atoms with Crippen LogP contribution in [0.4, 0.5) is 0 Å². The predicted octanol–water partition coefficient (Wildman–Crippen LogP) is 0.927. The molecule has 3 aliphatic rings. The van der Waals surface area contributed by atoms with E-state index < -0.39 is 11.6 Å². The fraction of sp³-hybridized carbons (Fsp3) is 0.867. The summed E-state index contributed by atoms with van der Waals surface area (Å²) in [5, 5.41) is 2.96. The van der Waals surface area contributed by atoms with Gasteiger partial charge in [0.1, 0.15) is 11.6 Å². The number of hydrogen-bond acceptors (Lipinski definition) is 3. The smallest absolute Gasteiger partial charge is 0.246 e. The van der Waals surface area contributed by atoms with E-state index in [9.17, 15) is 9.59 Å². The minimum Gasteiger partial charge on any atom is -0.379 e. The van der Waals surface area contributed by atoms with Crippen LogP contribution in [-0.2, 0) is 14.3 Å². The Kier molecular flexibility index (Phi) is 3.27. The molecule has 2 heterocycles. The lowest BCUT2D eigenvalue weighted by molar-refractivity contribution is -0.163. The van der Waals surface area contributed by atoms with Crippen LogP contribution in [0.15, 0.2) is 0 Å². The number of carbonyl (C=O) groups is 2. The van der Waals surface area contributed by atoms with Gasteiger partial charge in [0.25, 0.3) is 0 Å². The van der Waals surface area contributed by atoms with E-state index >= 15 is 0 Å². The van der Waals surface area contributed by atoms with Crippen LogP contribution in [0, 0.1) is 11.8 Å². The van der Waals surface area contributed by atoms with Gasteiger partial charge in [0.15, 0.2) is 0 Å². The van der Waals surface area contributed by atoms with Crippen molar-refractivity contribution in [1.29, 1.82) is 0 Å². The highest BCUT2D eigenvalue weighted by atomic mass is 16.5. The molecule has 2 amide bonds. The zero-order valence-electron chi connectivity index (χ0n) is 12.5. The van der Waals surface area contributed by atoms with Crippen molar-refractivity contribution >= 4 is 11.8 Å². The summed E-state index contributed by atoms with van der Waals surface area (Å²) in [6, 6.07) is -0.338. The fourth-order valence-electron chi connectivity index (χ4n) is 3.60. The van der Waals surface area contributed by atoms with Gasteiger partial charge in [-0.3, -0.25) is 9.59 Å². The summed E-state index contributed by atoms with van der Waals surface area (Å²) in [6.07, 6.45) is 2.91. The van der Waals surface area contributed by atoms with Crippen LogP contribution in [0.3, 0.4) is 0 Å². The Balaban J connectivity index is 1.96. The van der Waals surface area contributed by atoms with E-state index in [1.807, 2.05) is 25.7 Å². The molecule has 5 heteroatoms. The molecule has 5 nitrogen and oxygen atoms in total. The second kappa shape index (κ2) is 4.72. The normalized spacial score (nSPS) is 38.5. The topological polar surface area (TPSA) is 58.6 Å². The molecule has 0 aromatic carbocycles. The Morgan fingerprint density at radius 3 is 2.50 bits per heavy atom. The van der Waals surface area contributed by atoms with Crippen molar-refractivity contribution in [3.8, 4) is 0 Å². The molecule has 2 aliphatic heterocycles. The quantitative estimate of drug-likeness (QED) is 0.836. The number of hydrogen-bond donors (Lipinski definition) is 1. The molecule has 3 fully saturated rings. The molecule has 2 saturated heterocycles. The van der Waals surface area contributed by atoms with E-state index in [2.05, 4.69) is 5.32 Å². The van der Waals surface area contributed by atoms with Crippen molar-refractivity contribution in [3.05, 3.63) is 0 Å². The molecule has 1 saturated carbocycles. The average Bonchev–Trinajstić information content (AvgIpc) is 3.12. The van der Waals surface area contributed by atoms with Gasteiger partial charge in [-0.05, 0) is 38.0 Å². The maximum atomic E-state index is 12.9. The second-order valence-electron chi connectivity index (χ2n) is 6.84.